The zero-order valence-electron chi connectivity index (χ0n) is 11.4. The van der Waals surface area contributed by atoms with Crippen LogP contribution in [0, 0.1) is 0 Å². The highest BCUT2D eigenvalue weighted by atomic mass is 35.5. The molecule has 1 aliphatic heterocycles. The molecule has 1 saturated heterocycles. The standard InChI is InChI=1S/C13H22ClN3O/c1-4-17-8-11(6-15-17)7-16-9-12(5-14)18-13(2,3)10-16/h6,8,12H,4-5,7,9-10H2,1-3H3. The minimum atomic E-state index is -0.126. The zero-order valence-corrected chi connectivity index (χ0v) is 12.2. The average Bonchev–Trinajstić information content (AvgIpc) is 2.74. The second kappa shape index (κ2) is 5.59. The summed E-state index contributed by atoms with van der Waals surface area (Å²) in [4.78, 5) is 2.40. The largest absolute Gasteiger partial charge is 0.368 e. The summed E-state index contributed by atoms with van der Waals surface area (Å²) in [7, 11) is 0. The van der Waals surface area contributed by atoms with Crippen molar-refractivity contribution in [2.24, 2.45) is 0 Å². The van der Waals surface area contributed by atoms with Crippen LogP contribution in [0.1, 0.15) is 26.3 Å². The van der Waals surface area contributed by atoms with Crippen LogP contribution in [0.15, 0.2) is 12.4 Å². The molecule has 1 aromatic heterocycles. The molecule has 102 valence electrons. The van der Waals surface area contributed by atoms with Gasteiger partial charge in [0.15, 0.2) is 0 Å². The van der Waals surface area contributed by atoms with Gasteiger partial charge in [-0.3, -0.25) is 9.58 Å². The van der Waals surface area contributed by atoms with E-state index in [-0.39, 0.29) is 11.7 Å². The summed E-state index contributed by atoms with van der Waals surface area (Å²) in [6, 6.07) is 0. The van der Waals surface area contributed by atoms with Crippen molar-refractivity contribution in [3.05, 3.63) is 18.0 Å². The van der Waals surface area contributed by atoms with Crippen molar-refractivity contribution >= 4 is 11.6 Å². The van der Waals surface area contributed by atoms with Crippen molar-refractivity contribution in [3.8, 4) is 0 Å². The smallest absolute Gasteiger partial charge is 0.0845 e. The molecule has 0 radical (unpaired) electrons. The van der Waals surface area contributed by atoms with Gasteiger partial charge in [-0.2, -0.15) is 5.10 Å². The Balaban J connectivity index is 1.99. The van der Waals surface area contributed by atoms with Crippen LogP contribution in [0.4, 0.5) is 0 Å². The predicted molar refractivity (Wildman–Crippen MR) is 72.9 cm³/mol. The van der Waals surface area contributed by atoms with Crippen LogP contribution in [0.2, 0.25) is 0 Å². The lowest BCUT2D eigenvalue weighted by molar-refractivity contribution is -0.129. The zero-order chi connectivity index (χ0) is 13.2. The molecule has 0 bridgehead atoms. The fraction of sp³-hybridized carbons (Fsp3) is 0.769. The molecule has 1 aliphatic rings. The molecular formula is C13H22ClN3O. The fourth-order valence-electron chi connectivity index (χ4n) is 2.54. The van der Waals surface area contributed by atoms with Crippen LogP contribution in [-0.2, 0) is 17.8 Å². The Morgan fingerprint density at radius 2 is 2.33 bits per heavy atom. The Bertz CT molecular complexity index is 391. The van der Waals surface area contributed by atoms with Gasteiger partial charge in [0.25, 0.3) is 0 Å². The maximum Gasteiger partial charge on any atom is 0.0845 e. The summed E-state index contributed by atoms with van der Waals surface area (Å²) < 4.78 is 7.88. The van der Waals surface area contributed by atoms with E-state index in [1.165, 1.54) is 5.56 Å². The van der Waals surface area contributed by atoms with Crippen LogP contribution in [-0.4, -0.2) is 45.4 Å². The Hall–Kier alpha value is -0.580. The number of hydrogen-bond donors (Lipinski definition) is 0. The second-order valence-electron chi connectivity index (χ2n) is 5.53. The number of halogens is 1. The van der Waals surface area contributed by atoms with Gasteiger partial charge in [-0.1, -0.05) is 0 Å². The first-order chi connectivity index (χ1) is 8.52. The van der Waals surface area contributed by atoms with Crippen LogP contribution in [0.3, 0.4) is 0 Å². The molecule has 2 heterocycles. The minimum absolute atomic E-state index is 0.122. The Morgan fingerprint density at radius 3 is 2.94 bits per heavy atom. The number of hydrogen-bond acceptors (Lipinski definition) is 3. The van der Waals surface area contributed by atoms with Gasteiger partial charge in [0.2, 0.25) is 0 Å². The van der Waals surface area contributed by atoms with E-state index >= 15 is 0 Å². The number of rotatable bonds is 4. The fourth-order valence-corrected chi connectivity index (χ4v) is 2.70. The van der Waals surface area contributed by atoms with Crippen molar-refractivity contribution in [1.82, 2.24) is 14.7 Å². The van der Waals surface area contributed by atoms with Gasteiger partial charge in [0, 0.05) is 43.8 Å². The first-order valence-corrected chi connectivity index (χ1v) is 7.03. The maximum atomic E-state index is 5.93. The first kappa shape index (κ1) is 13.8. The van der Waals surface area contributed by atoms with E-state index in [0.717, 1.165) is 26.2 Å². The van der Waals surface area contributed by atoms with E-state index in [2.05, 4.69) is 37.0 Å². The molecule has 1 unspecified atom stereocenters. The Morgan fingerprint density at radius 1 is 1.56 bits per heavy atom. The van der Waals surface area contributed by atoms with Gasteiger partial charge >= 0.3 is 0 Å². The molecule has 0 N–H and O–H groups in total. The monoisotopic (exact) mass is 271 g/mol. The highest BCUT2D eigenvalue weighted by Crippen LogP contribution is 2.23. The van der Waals surface area contributed by atoms with Crippen LogP contribution >= 0.6 is 11.6 Å². The van der Waals surface area contributed by atoms with Gasteiger partial charge < -0.3 is 4.74 Å². The summed E-state index contributed by atoms with van der Waals surface area (Å²) in [6.07, 6.45) is 4.18. The van der Waals surface area contributed by atoms with E-state index < -0.39 is 0 Å². The quantitative estimate of drug-likeness (QED) is 0.786. The van der Waals surface area contributed by atoms with E-state index in [1.807, 2.05) is 10.9 Å². The average molecular weight is 272 g/mol. The van der Waals surface area contributed by atoms with E-state index in [0.29, 0.717) is 5.88 Å². The number of aromatic nitrogens is 2. The van der Waals surface area contributed by atoms with E-state index in [9.17, 15) is 0 Å². The molecule has 0 spiro atoms. The summed E-state index contributed by atoms with van der Waals surface area (Å²) in [5.41, 5.74) is 1.13. The van der Waals surface area contributed by atoms with Gasteiger partial charge in [0.1, 0.15) is 0 Å². The molecule has 4 nitrogen and oxygen atoms in total. The van der Waals surface area contributed by atoms with Crippen LogP contribution < -0.4 is 0 Å². The van der Waals surface area contributed by atoms with Gasteiger partial charge in [-0.25, -0.2) is 0 Å². The number of morpholine rings is 1. The maximum absolute atomic E-state index is 5.93. The van der Waals surface area contributed by atoms with Crippen molar-refractivity contribution in [2.45, 2.75) is 45.6 Å². The second-order valence-corrected chi connectivity index (χ2v) is 5.84. The highest BCUT2D eigenvalue weighted by Gasteiger charge is 2.32. The number of nitrogens with zero attached hydrogens (tertiary/aromatic N) is 3. The van der Waals surface area contributed by atoms with Crippen molar-refractivity contribution in [1.29, 1.82) is 0 Å². The van der Waals surface area contributed by atoms with E-state index in [4.69, 9.17) is 16.3 Å². The molecular weight excluding hydrogens is 250 g/mol. The molecule has 2 rings (SSSR count). The molecule has 1 fully saturated rings. The summed E-state index contributed by atoms with van der Waals surface area (Å²) in [5.74, 6) is 0.550. The predicted octanol–water partition coefficient (Wildman–Crippen LogP) is 2.12. The van der Waals surface area contributed by atoms with Gasteiger partial charge in [0.05, 0.1) is 17.9 Å². The molecule has 0 saturated carbocycles. The molecule has 0 aromatic carbocycles. The Labute approximate surface area is 114 Å². The minimum Gasteiger partial charge on any atom is -0.368 e. The van der Waals surface area contributed by atoms with Crippen molar-refractivity contribution < 1.29 is 4.74 Å². The number of alkyl halides is 1. The van der Waals surface area contributed by atoms with Gasteiger partial charge in [-0.15, -0.1) is 11.6 Å². The molecule has 0 aliphatic carbocycles. The topological polar surface area (TPSA) is 30.3 Å². The lowest BCUT2D eigenvalue weighted by Crippen LogP contribution is -2.52. The third kappa shape index (κ3) is 3.46. The number of ether oxygens (including phenoxy) is 1. The molecule has 18 heavy (non-hydrogen) atoms. The van der Waals surface area contributed by atoms with Crippen LogP contribution in [0.5, 0.6) is 0 Å². The number of aryl methyl sites for hydroxylation is 1. The van der Waals surface area contributed by atoms with Crippen LogP contribution in [0.25, 0.3) is 0 Å². The first-order valence-electron chi connectivity index (χ1n) is 6.50. The normalized spacial score (nSPS) is 24.3. The van der Waals surface area contributed by atoms with Crippen molar-refractivity contribution in [2.75, 3.05) is 19.0 Å². The Kier molecular flexibility index (Phi) is 4.30. The third-order valence-electron chi connectivity index (χ3n) is 3.14. The summed E-state index contributed by atoms with van der Waals surface area (Å²) in [6.45, 7) is 9.99. The molecule has 1 atom stereocenters. The van der Waals surface area contributed by atoms with Crippen molar-refractivity contribution in [3.63, 3.8) is 0 Å². The SMILES string of the molecule is CCn1cc(CN2CC(CCl)OC(C)(C)C2)cn1. The summed E-state index contributed by atoms with van der Waals surface area (Å²) >= 11 is 5.93. The van der Waals surface area contributed by atoms with Gasteiger partial charge in [-0.05, 0) is 20.8 Å². The molecule has 0 amide bonds. The molecule has 5 heteroatoms. The third-order valence-corrected chi connectivity index (χ3v) is 3.49. The lowest BCUT2D eigenvalue weighted by atomic mass is 10.1. The molecule has 1 aromatic rings. The summed E-state index contributed by atoms with van der Waals surface area (Å²) in [5, 5.41) is 4.31. The van der Waals surface area contributed by atoms with E-state index in [1.54, 1.807) is 0 Å². The highest BCUT2D eigenvalue weighted by molar-refractivity contribution is 6.18. The lowest BCUT2D eigenvalue weighted by Gasteiger charge is -2.42.